The number of hydrogen-bond donors (Lipinski definition) is 1. The molecule has 0 bridgehead atoms. The molecule has 1 radical (unpaired) electrons. The van der Waals surface area contributed by atoms with E-state index in [2.05, 4.69) is 6.07 Å². The molecule has 0 fully saturated rings. The van der Waals surface area contributed by atoms with Crippen molar-refractivity contribution in [2.75, 3.05) is 6.54 Å². The van der Waals surface area contributed by atoms with Gasteiger partial charge in [-0.05, 0) is 47.4 Å². The minimum atomic E-state index is -5.09. The number of primary amides is 1. The lowest BCUT2D eigenvalue weighted by Crippen LogP contribution is -2.50. The molecule has 2 N–H and O–H groups in total. The predicted molar refractivity (Wildman–Crippen MR) is 89.1 cm³/mol. The zero-order chi connectivity index (χ0) is 19.1. The molecule has 1 unspecified atom stereocenters. The van der Waals surface area contributed by atoms with Crippen molar-refractivity contribution >= 4 is 23.4 Å². The van der Waals surface area contributed by atoms with Gasteiger partial charge in [-0.2, -0.15) is 13.2 Å². The van der Waals surface area contributed by atoms with Crippen molar-refractivity contribution in [2.24, 2.45) is 5.73 Å². The van der Waals surface area contributed by atoms with Gasteiger partial charge in [0.1, 0.15) is 6.04 Å². The number of carbonyl (C=O) groups is 2. The highest BCUT2D eigenvalue weighted by molar-refractivity contribution is 6.33. The van der Waals surface area contributed by atoms with E-state index >= 15 is 0 Å². The van der Waals surface area contributed by atoms with Gasteiger partial charge >= 0.3 is 12.1 Å². The summed E-state index contributed by atoms with van der Waals surface area (Å²) in [6.45, 7) is -0.277. The van der Waals surface area contributed by atoms with Gasteiger partial charge in [0.15, 0.2) is 0 Å². The maximum Gasteiger partial charge on any atom is 0.471 e. The van der Waals surface area contributed by atoms with Gasteiger partial charge in [-0.1, -0.05) is 29.8 Å². The Balaban J connectivity index is 2.14. The average Bonchev–Trinajstić information content (AvgIpc) is 2.59. The largest absolute Gasteiger partial charge is 0.471 e. The van der Waals surface area contributed by atoms with E-state index < -0.39 is 24.0 Å². The molecule has 4 nitrogen and oxygen atoms in total. The fourth-order valence-electron chi connectivity index (χ4n) is 3.21. The lowest BCUT2D eigenvalue weighted by atomic mass is 9.86. The van der Waals surface area contributed by atoms with Crippen LogP contribution in [0.2, 0.25) is 5.02 Å². The molecule has 0 aliphatic carbocycles. The average molecular weight is 382 g/mol. The van der Waals surface area contributed by atoms with Crippen LogP contribution in [0.3, 0.4) is 0 Å². The molecular weight excluding hydrogens is 369 g/mol. The van der Waals surface area contributed by atoms with Crippen LogP contribution < -0.4 is 5.73 Å². The first-order valence-corrected chi connectivity index (χ1v) is 8.04. The molecule has 0 aromatic heterocycles. The van der Waals surface area contributed by atoms with Crippen LogP contribution in [0.25, 0.3) is 11.1 Å². The minimum absolute atomic E-state index is 0.135. The SMILES string of the molecule is NC(=O)C1c2c[c]cc(-c3ccccc3Cl)c2CCN1C(=O)C(F)(F)F. The third-order valence-corrected chi connectivity index (χ3v) is 4.62. The molecule has 0 saturated carbocycles. The van der Waals surface area contributed by atoms with Gasteiger partial charge in [0.25, 0.3) is 0 Å². The number of amides is 2. The van der Waals surface area contributed by atoms with Crippen LogP contribution in [0.5, 0.6) is 0 Å². The smallest absolute Gasteiger partial charge is 0.368 e. The maximum atomic E-state index is 12.9. The van der Waals surface area contributed by atoms with Crippen LogP contribution >= 0.6 is 11.6 Å². The summed E-state index contributed by atoms with van der Waals surface area (Å²) in [4.78, 5) is 24.1. The van der Waals surface area contributed by atoms with Crippen molar-refractivity contribution in [2.45, 2.75) is 18.6 Å². The number of halogens is 4. The first-order chi connectivity index (χ1) is 12.2. The normalized spacial score (nSPS) is 16.9. The third-order valence-electron chi connectivity index (χ3n) is 4.29. The summed E-state index contributed by atoms with van der Waals surface area (Å²) in [5.74, 6) is -3.12. The maximum absolute atomic E-state index is 12.9. The van der Waals surface area contributed by atoms with E-state index in [9.17, 15) is 22.8 Å². The van der Waals surface area contributed by atoms with Crippen molar-refractivity contribution in [3.8, 4) is 11.1 Å². The van der Waals surface area contributed by atoms with E-state index in [0.717, 1.165) is 0 Å². The van der Waals surface area contributed by atoms with Crippen LogP contribution in [-0.4, -0.2) is 29.4 Å². The fourth-order valence-corrected chi connectivity index (χ4v) is 3.44. The van der Waals surface area contributed by atoms with Crippen LogP contribution in [-0.2, 0) is 16.0 Å². The van der Waals surface area contributed by atoms with Crippen molar-refractivity contribution < 1.29 is 22.8 Å². The lowest BCUT2D eigenvalue weighted by molar-refractivity contribution is -0.188. The predicted octanol–water partition coefficient (Wildman–Crippen LogP) is 3.28. The highest BCUT2D eigenvalue weighted by atomic mass is 35.5. The highest BCUT2D eigenvalue weighted by Crippen LogP contribution is 2.39. The summed E-state index contributed by atoms with van der Waals surface area (Å²) < 4.78 is 38.6. The zero-order valence-electron chi connectivity index (χ0n) is 13.3. The van der Waals surface area contributed by atoms with Crippen molar-refractivity contribution in [1.82, 2.24) is 4.90 Å². The summed E-state index contributed by atoms with van der Waals surface area (Å²) in [5, 5.41) is 0.457. The Morgan fingerprint density at radius 3 is 2.50 bits per heavy atom. The quantitative estimate of drug-likeness (QED) is 0.867. The van der Waals surface area contributed by atoms with Gasteiger partial charge in [0.2, 0.25) is 5.91 Å². The van der Waals surface area contributed by atoms with Crippen molar-refractivity contribution in [3.63, 3.8) is 0 Å². The number of fused-ring (bicyclic) bond motifs is 1. The second-order valence-electron chi connectivity index (χ2n) is 5.83. The topological polar surface area (TPSA) is 63.4 Å². The molecule has 0 spiro atoms. The standard InChI is InChI=1S/C18H13ClF3N2O2/c19-14-7-2-1-4-12(14)10-5-3-6-13-11(10)8-9-24(15(13)16(23)25)17(26)18(20,21)22/h1-2,4-7,15H,8-9H2,(H2,23,25). The van der Waals surface area contributed by atoms with E-state index in [1.807, 2.05) is 0 Å². The number of nitrogens with zero attached hydrogens (tertiary/aromatic N) is 1. The second-order valence-corrected chi connectivity index (χ2v) is 6.24. The number of benzene rings is 2. The van der Waals surface area contributed by atoms with Gasteiger partial charge in [-0.3, -0.25) is 9.59 Å². The van der Waals surface area contributed by atoms with E-state index in [1.54, 1.807) is 30.3 Å². The molecule has 3 rings (SSSR count). The molecule has 1 aliphatic rings. The Hall–Kier alpha value is -2.54. The molecule has 2 aromatic carbocycles. The Morgan fingerprint density at radius 2 is 1.88 bits per heavy atom. The van der Waals surface area contributed by atoms with E-state index in [1.165, 1.54) is 6.07 Å². The summed E-state index contributed by atoms with van der Waals surface area (Å²) in [5.41, 5.74) is 7.52. The molecule has 8 heteroatoms. The summed E-state index contributed by atoms with van der Waals surface area (Å²) in [7, 11) is 0. The molecule has 2 aromatic rings. The third kappa shape index (κ3) is 3.14. The molecule has 1 aliphatic heterocycles. The number of rotatable bonds is 2. The minimum Gasteiger partial charge on any atom is -0.368 e. The molecule has 1 heterocycles. The van der Waals surface area contributed by atoms with Gasteiger partial charge in [-0.15, -0.1) is 0 Å². The first-order valence-electron chi connectivity index (χ1n) is 7.66. The van der Waals surface area contributed by atoms with Crippen LogP contribution in [0.15, 0.2) is 36.4 Å². The van der Waals surface area contributed by atoms with Crippen LogP contribution in [0, 0.1) is 6.07 Å². The van der Waals surface area contributed by atoms with Crippen LogP contribution in [0.1, 0.15) is 17.2 Å². The van der Waals surface area contributed by atoms with Gasteiger partial charge in [0, 0.05) is 17.1 Å². The fraction of sp³-hybridized carbons (Fsp3) is 0.222. The van der Waals surface area contributed by atoms with Gasteiger partial charge < -0.3 is 10.6 Å². The van der Waals surface area contributed by atoms with Gasteiger partial charge in [0.05, 0.1) is 0 Å². The molecular formula is C18H13ClF3N2O2. The molecule has 1 atom stereocenters. The highest BCUT2D eigenvalue weighted by Gasteiger charge is 2.47. The van der Waals surface area contributed by atoms with E-state index in [4.69, 9.17) is 17.3 Å². The molecule has 0 saturated heterocycles. The van der Waals surface area contributed by atoms with Crippen molar-refractivity contribution in [1.29, 1.82) is 0 Å². The summed E-state index contributed by atoms with van der Waals surface area (Å²) in [6.07, 6.45) is -4.95. The molecule has 135 valence electrons. The lowest BCUT2D eigenvalue weighted by Gasteiger charge is -2.36. The van der Waals surface area contributed by atoms with E-state index in [-0.39, 0.29) is 18.5 Å². The second kappa shape index (κ2) is 6.64. The van der Waals surface area contributed by atoms with Gasteiger partial charge in [-0.25, -0.2) is 0 Å². The first kappa shape index (κ1) is 18.3. The van der Waals surface area contributed by atoms with Crippen molar-refractivity contribution in [3.05, 3.63) is 58.6 Å². The zero-order valence-corrected chi connectivity index (χ0v) is 14.1. The van der Waals surface area contributed by atoms with Crippen LogP contribution in [0.4, 0.5) is 13.2 Å². The Bertz CT molecular complexity index is 883. The Labute approximate surface area is 152 Å². The Kier molecular flexibility index (Phi) is 4.66. The van der Waals surface area contributed by atoms with E-state index in [0.29, 0.717) is 26.6 Å². The summed E-state index contributed by atoms with van der Waals surface area (Å²) >= 11 is 6.22. The summed E-state index contributed by atoms with van der Waals surface area (Å²) in [6, 6.07) is 11.3. The molecule has 2 amide bonds. The number of hydrogen-bond acceptors (Lipinski definition) is 2. The number of carbonyl (C=O) groups excluding carboxylic acids is 2. The monoisotopic (exact) mass is 381 g/mol. The molecule has 26 heavy (non-hydrogen) atoms. The number of alkyl halides is 3. The number of nitrogens with two attached hydrogens (primary N) is 1. The Morgan fingerprint density at radius 1 is 1.19 bits per heavy atom.